The first-order valence-electron chi connectivity index (χ1n) is 10.7. The number of piperidine rings is 2. The number of hydrogen-bond acceptors (Lipinski definition) is 6. The molecule has 29 heavy (non-hydrogen) atoms. The predicted molar refractivity (Wildman–Crippen MR) is 108 cm³/mol. The molecule has 8 nitrogen and oxygen atoms in total. The quantitative estimate of drug-likeness (QED) is 0.787. The molecule has 1 aromatic carbocycles. The van der Waals surface area contributed by atoms with E-state index in [0.717, 1.165) is 76.5 Å². The number of amides is 1. The first-order chi connectivity index (χ1) is 14.2. The third-order valence-corrected chi connectivity index (χ3v) is 6.76. The van der Waals surface area contributed by atoms with E-state index in [-0.39, 0.29) is 11.5 Å². The molecule has 154 valence electrons. The fourth-order valence-electron chi connectivity index (χ4n) is 5.01. The maximum absolute atomic E-state index is 12.5. The van der Waals surface area contributed by atoms with Gasteiger partial charge in [0.05, 0.1) is 11.8 Å². The van der Waals surface area contributed by atoms with Crippen LogP contribution in [-0.4, -0.2) is 69.9 Å². The van der Waals surface area contributed by atoms with E-state index in [1.165, 1.54) is 0 Å². The second-order valence-electron chi connectivity index (χ2n) is 8.62. The summed E-state index contributed by atoms with van der Waals surface area (Å²) in [5.74, 6) is 1.09. The number of ether oxygens (including phenoxy) is 1. The summed E-state index contributed by atoms with van der Waals surface area (Å²) in [5, 5.41) is 12.4. The maximum Gasteiger partial charge on any atom is 0.250 e. The van der Waals surface area contributed by atoms with Crippen molar-refractivity contribution in [1.29, 1.82) is 0 Å². The highest BCUT2D eigenvalue weighted by Gasteiger charge is 2.42. The van der Waals surface area contributed by atoms with Gasteiger partial charge in [0.2, 0.25) is 11.9 Å². The maximum atomic E-state index is 12.5. The Morgan fingerprint density at radius 3 is 2.72 bits per heavy atom. The molecule has 3 aliphatic heterocycles. The fourth-order valence-corrected chi connectivity index (χ4v) is 5.01. The van der Waals surface area contributed by atoms with Crippen LogP contribution in [0, 0.1) is 5.41 Å². The van der Waals surface area contributed by atoms with E-state index in [2.05, 4.69) is 25.3 Å². The largest absolute Gasteiger partial charge is 0.376 e. The number of anilines is 1. The van der Waals surface area contributed by atoms with Crippen LogP contribution in [0.2, 0.25) is 0 Å². The summed E-state index contributed by atoms with van der Waals surface area (Å²) in [6.07, 6.45) is 6.19. The number of para-hydroxylation sites is 1. The SMILES string of the molecule is O=C1CCC2(CCN(c3nnnn3-c3ccccc3)CC2)CN1CC1CCCO1. The van der Waals surface area contributed by atoms with Crippen molar-refractivity contribution in [2.24, 2.45) is 5.41 Å². The summed E-state index contributed by atoms with van der Waals surface area (Å²) in [6.45, 7) is 4.28. The van der Waals surface area contributed by atoms with Crippen LogP contribution in [0.5, 0.6) is 0 Å². The van der Waals surface area contributed by atoms with Gasteiger partial charge in [-0.1, -0.05) is 23.3 Å². The standard InChI is InChI=1S/C21H28N6O2/c28-19-8-9-21(16-26(19)15-18-7-4-14-29-18)10-12-25(13-11-21)20-22-23-24-27(20)17-5-2-1-3-6-17/h1-3,5-6,18H,4,7-16H2. The van der Waals surface area contributed by atoms with Crippen molar-refractivity contribution in [3.05, 3.63) is 30.3 Å². The van der Waals surface area contributed by atoms with Crippen LogP contribution in [0.3, 0.4) is 0 Å². The van der Waals surface area contributed by atoms with Crippen molar-refractivity contribution in [2.45, 2.75) is 44.6 Å². The lowest BCUT2D eigenvalue weighted by atomic mass is 9.72. The van der Waals surface area contributed by atoms with Gasteiger partial charge in [0.1, 0.15) is 0 Å². The molecule has 1 unspecified atom stereocenters. The predicted octanol–water partition coefficient (Wildman–Crippen LogP) is 2.05. The van der Waals surface area contributed by atoms with Crippen LogP contribution in [0.4, 0.5) is 5.95 Å². The monoisotopic (exact) mass is 396 g/mol. The van der Waals surface area contributed by atoms with Crippen LogP contribution < -0.4 is 4.90 Å². The smallest absolute Gasteiger partial charge is 0.250 e. The zero-order valence-corrected chi connectivity index (χ0v) is 16.7. The highest BCUT2D eigenvalue weighted by atomic mass is 16.5. The molecule has 5 rings (SSSR count). The minimum Gasteiger partial charge on any atom is -0.376 e. The summed E-state index contributed by atoms with van der Waals surface area (Å²) in [4.78, 5) is 16.8. The molecule has 4 heterocycles. The van der Waals surface area contributed by atoms with Gasteiger partial charge in [0.25, 0.3) is 0 Å². The van der Waals surface area contributed by atoms with Crippen molar-refractivity contribution >= 4 is 11.9 Å². The Bertz CT molecular complexity index is 840. The van der Waals surface area contributed by atoms with E-state index in [0.29, 0.717) is 12.3 Å². The van der Waals surface area contributed by atoms with Crippen molar-refractivity contribution in [3.63, 3.8) is 0 Å². The van der Waals surface area contributed by atoms with Crippen molar-refractivity contribution in [2.75, 3.05) is 37.7 Å². The molecule has 1 atom stereocenters. The first kappa shape index (κ1) is 18.5. The van der Waals surface area contributed by atoms with Gasteiger partial charge in [-0.3, -0.25) is 4.79 Å². The minimum atomic E-state index is 0.216. The van der Waals surface area contributed by atoms with Gasteiger partial charge in [-0.15, -0.1) is 0 Å². The Morgan fingerprint density at radius 2 is 1.97 bits per heavy atom. The Balaban J connectivity index is 1.26. The minimum absolute atomic E-state index is 0.216. The molecule has 0 aliphatic carbocycles. The number of benzene rings is 1. The number of likely N-dealkylation sites (tertiary alicyclic amines) is 1. The zero-order chi connectivity index (χ0) is 19.7. The number of rotatable bonds is 4. The average Bonchev–Trinajstić information content (AvgIpc) is 3.44. The van der Waals surface area contributed by atoms with Crippen LogP contribution in [0.1, 0.15) is 38.5 Å². The molecular formula is C21H28N6O2. The Morgan fingerprint density at radius 1 is 1.14 bits per heavy atom. The molecule has 1 amide bonds. The van der Waals surface area contributed by atoms with E-state index in [1.807, 2.05) is 35.0 Å². The molecule has 2 aromatic rings. The van der Waals surface area contributed by atoms with E-state index in [9.17, 15) is 4.79 Å². The highest BCUT2D eigenvalue weighted by Crippen LogP contribution is 2.41. The van der Waals surface area contributed by atoms with Crippen LogP contribution >= 0.6 is 0 Å². The normalized spacial score (nSPS) is 24.4. The number of hydrogen-bond donors (Lipinski definition) is 0. The highest BCUT2D eigenvalue weighted by molar-refractivity contribution is 5.77. The topological polar surface area (TPSA) is 76.4 Å². The lowest BCUT2D eigenvalue weighted by Crippen LogP contribution is -2.53. The van der Waals surface area contributed by atoms with Crippen molar-refractivity contribution < 1.29 is 9.53 Å². The van der Waals surface area contributed by atoms with E-state index in [1.54, 1.807) is 0 Å². The molecule has 0 radical (unpaired) electrons. The van der Waals surface area contributed by atoms with Gasteiger partial charge >= 0.3 is 0 Å². The third kappa shape index (κ3) is 3.73. The summed E-state index contributed by atoms with van der Waals surface area (Å²) >= 11 is 0. The Hall–Kier alpha value is -2.48. The molecule has 1 spiro atoms. The molecule has 3 saturated heterocycles. The molecule has 0 N–H and O–H groups in total. The van der Waals surface area contributed by atoms with Crippen molar-refractivity contribution in [1.82, 2.24) is 25.1 Å². The third-order valence-electron chi connectivity index (χ3n) is 6.76. The van der Waals surface area contributed by atoms with E-state index in [4.69, 9.17) is 4.74 Å². The molecule has 8 heteroatoms. The number of aromatic nitrogens is 4. The number of nitrogens with zero attached hydrogens (tertiary/aromatic N) is 6. The summed E-state index contributed by atoms with van der Waals surface area (Å²) in [6, 6.07) is 10.0. The zero-order valence-electron chi connectivity index (χ0n) is 16.7. The lowest BCUT2D eigenvalue weighted by molar-refractivity contribution is -0.140. The van der Waals surface area contributed by atoms with Crippen molar-refractivity contribution in [3.8, 4) is 5.69 Å². The van der Waals surface area contributed by atoms with Crippen LogP contribution in [-0.2, 0) is 9.53 Å². The van der Waals surface area contributed by atoms with Gasteiger partial charge in [-0.25, -0.2) is 0 Å². The first-order valence-corrected chi connectivity index (χ1v) is 10.7. The van der Waals surface area contributed by atoms with Gasteiger partial charge in [-0.05, 0) is 60.1 Å². The second kappa shape index (κ2) is 7.74. The molecular weight excluding hydrogens is 368 g/mol. The summed E-state index contributed by atoms with van der Waals surface area (Å²) in [7, 11) is 0. The van der Waals surface area contributed by atoms with Crippen LogP contribution in [0.15, 0.2) is 30.3 Å². The number of carbonyl (C=O) groups excluding carboxylic acids is 1. The molecule has 3 fully saturated rings. The van der Waals surface area contributed by atoms with E-state index >= 15 is 0 Å². The van der Waals surface area contributed by atoms with E-state index < -0.39 is 0 Å². The fraction of sp³-hybridized carbons (Fsp3) is 0.619. The summed E-state index contributed by atoms with van der Waals surface area (Å²) < 4.78 is 7.59. The molecule has 1 aromatic heterocycles. The molecule has 0 bridgehead atoms. The Labute approximate surface area is 170 Å². The van der Waals surface area contributed by atoms with Crippen LogP contribution in [0.25, 0.3) is 5.69 Å². The average molecular weight is 396 g/mol. The van der Waals surface area contributed by atoms with Gasteiger partial charge in [0.15, 0.2) is 0 Å². The summed E-state index contributed by atoms with van der Waals surface area (Å²) in [5.41, 5.74) is 1.19. The second-order valence-corrected chi connectivity index (χ2v) is 8.62. The Kier molecular flexibility index (Phi) is 4.95. The number of tetrazole rings is 1. The van der Waals surface area contributed by atoms with Gasteiger partial charge in [0, 0.05) is 39.2 Å². The van der Waals surface area contributed by atoms with Gasteiger partial charge in [-0.2, -0.15) is 4.68 Å². The van der Waals surface area contributed by atoms with Gasteiger partial charge < -0.3 is 14.5 Å². The number of carbonyl (C=O) groups is 1. The molecule has 0 saturated carbocycles. The lowest BCUT2D eigenvalue weighted by Gasteiger charge is -2.47. The molecule has 3 aliphatic rings.